The summed E-state index contributed by atoms with van der Waals surface area (Å²) in [6.45, 7) is 2.96. The molecule has 3 N–H and O–H groups in total. The summed E-state index contributed by atoms with van der Waals surface area (Å²) >= 11 is 0. The number of rotatable bonds is 5. The zero-order chi connectivity index (χ0) is 24.2. The minimum atomic E-state index is -1.95. The molecule has 0 radical (unpaired) electrons. The Bertz CT molecular complexity index is 1400. The minimum absolute atomic E-state index is 0.0273. The molecular formula is C21H17F4N5O3. The van der Waals surface area contributed by atoms with Crippen LogP contribution in [0.2, 0.25) is 0 Å². The lowest BCUT2D eigenvalue weighted by Gasteiger charge is -2.10. The van der Waals surface area contributed by atoms with Gasteiger partial charge < -0.3 is 20.0 Å². The van der Waals surface area contributed by atoms with E-state index in [1.165, 1.54) is 19.1 Å². The number of aryl methyl sites for hydroxylation is 1. The number of hydrogen-bond acceptors (Lipinski definition) is 4. The van der Waals surface area contributed by atoms with Crippen LogP contribution in [-0.4, -0.2) is 42.5 Å². The highest BCUT2D eigenvalue weighted by atomic mass is 19.2. The summed E-state index contributed by atoms with van der Waals surface area (Å²) < 4.78 is 56.9. The van der Waals surface area contributed by atoms with Crippen LogP contribution in [0.3, 0.4) is 0 Å². The number of aromatic amines is 1. The Balaban J connectivity index is 1.74. The van der Waals surface area contributed by atoms with Crippen molar-refractivity contribution in [1.82, 2.24) is 24.8 Å². The van der Waals surface area contributed by atoms with Gasteiger partial charge in [-0.2, -0.15) is 0 Å². The highest BCUT2D eigenvalue weighted by molar-refractivity contribution is 5.99. The average molecular weight is 463 g/mol. The Kier molecular flexibility index (Phi) is 5.30. The van der Waals surface area contributed by atoms with Crippen LogP contribution in [0.5, 0.6) is 0 Å². The molecule has 8 nitrogen and oxygen atoms in total. The third-order valence-corrected chi connectivity index (χ3v) is 5.42. The van der Waals surface area contributed by atoms with Crippen molar-refractivity contribution in [3.05, 3.63) is 58.7 Å². The molecule has 0 saturated heterocycles. The molecule has 1 amide bonds. The van der Waals surface area contributed by atoms with Gasteiger partial charge in [-0.25, -0.2) is 27.5 Å². The number of amides is 1. The number of H-pyrrole nitrogens is 1. The summed E-state index contributed by atoms with van der Waals surface area (Å²) in [4.78, 5) is 34.2. The standard InChI is InChI=1S/C21H17F4N5O3/c1-7(18-28-16-14(24)12(22)13(23)15(25)17(16)29-18)19-27-10-5-4-9(6-11(10)30(19)3)20(31)26-8(2)21(32)33/h4-8H,1-3H3,(H,26,31)(H,28,29)(H,32,33). The van der Waals surface area contributed by atoms with Gasteiger partial charge in [0, 0.05) is 12.6 Å². The fourth-order valence-electron chi connectivity index (χ4n) is 3.52. The molecule has 0 spiro atoms. The third-order valence-electron chi connectivity index (χ3n) is 5.42. The quantitative estimate of drug-likeness (QED) is 0.239. The summed E-state index contributed by atoms with van der Waals surface area (Å²) in [6.07, 6.45) is 0. The number of nitrogens with one attached hydrogen (secondary N) is 2. The molecule has 0 aliphatic rings. The van der Waals surface area contributed by atoms with E-state index >= 15 is 0 Å². The van der Waals surface area contributed by atoms with Gasteiger partial charge in [0.15, 0.2) is 23.3 Å². The van der Waals surface area contributed by atoms with Crippen molar-refractivity contribution in [2.45, 2.75) is 25.8 Å². The molecule has 0 aliphatic heterocycles. The molecule has 4 rings (SSSR count). The van der Waals surface area contributed by atoms with Gasteiger partial charge in [-0.05, 0) is 32.0 Å². The van der Waals surface area contributed by atoms with Gasteiger partial charge in [-0.3, -0.25) is 9.59 Å². The van der Waals surface area contributed by atoms with Crippen LogP contribution in [0, 0.1) is 23.3 Å². The maximum atomic E-state index is 14.1. The van der Waals surface area contributed by atoms with Gasteiger partial charge in [0.05, 0.1) is 17.0 Å². The Hall–Kier alpha value is -3.96. The topological polar surface area (TPSA) is 113 Å². The molecule has 2 heterocycles. The number of benzene rings is 2. The number of carbonyl (C=O) groups is 2. The SMILES string of the molecule is CC(NC(=O)c1ccc2nc(C(C)c3nc4c(F)c(F)c(F)c(F)c4[nH]3)n(C)c2c1)C(=O)O. The first-order valence-corrected chi connectivity index (χ1v) is 9.72. The van der Waals surface area contributed by atoms with Crippen LogP contribution in [0.4, 0.5) is 17.6 Å². The third kappa shape index (κ3) is 3.56. The molecular weight excluding hydrogens is 446 g/mol. The van der Waals surface area contributed by atoms with Gasteiger partial charge in [0.25, 0.3) is 5.91 Å². The number of halogens is 4. The van der Waals surface area contributed by atoms with Gasteiger partial charge >= 0.3 is 5.97 Å². The molecule has 0 bridgehead atoms. The van der Waals surface area contributed by atoms with E-state index in [1.54, 1.807) is 24.6 Å². The summed E-state index contributed by atoms with van der Waals surface area (Å²) in [7, 11) is 1.64. The van der Waals surface area contributed by atoms with Crippen LogP contribution in [-0.2, 0) is 11.8 Å². The first-order valence-electron chi connectivity index (χ1n) is 9.72. The predicted molar refractivity (Wildman–Crippen MR) is 109 cm³/mol. The largest absolute Gasteiger partial charge is 0.480 e. The maximum absolute atomic E-state index is 14.1. The van der Waals surface area contributed by atoms with Gasteiger partial charge in [0.2, 0.25) is 0 Å². The zero-order valence-electron chi connectivity index (χ0n) is 17.5. The molecule has 12 heteroatoms. The van der Waals surface area contributed by atoms with Crippen LogP contribution < -0.4 is 5.32 Å². The van der Waals surface area contributed by atoms with Crippen molar-refractivity contribution in [1.29, 1.82) is 0 Å². The fourth-order valence-corrected chi connectivity index (χ4v) is 3.52. The Morgan fingerprint density at radius 3 is 2.39 bits per heavy atom. The first-order chi connectivity index (χ1) is 15.5. The minimum Gasteiger partial charge on any atom is -0.480 e. The van der Waals surface area contributed by atoms with E-state index in [-0.39, 0.29) is 11.4 Å². The van der Waals surface area contributed by atoms with Crippen LogP contribution in [0.15, 0.2) is 18.2 Å². The number of carboxylic acids is 1. The second-order valence-corrected chi connectivity index (χ2v) is 7.59. The van der Waals surface area contributed by atoms with E-state index in [1.807, 2.05) is 0 Å². The number of fused-ring (bicyclic) bond motifs is 2. The average Bonchev–Trinajstić information content (AvgIpc) is 3.37. The highest BCUT2D eigenvalue weighted by Gasteiger charge is 2.27. The number of carboxylic acid groups (broad SMARTS) is 1. The second kappa shape index (κ2) is 7.87. The van der Waals surface area contributed by atoms with Gasteiger partial charge in [0.1, 0.15) is 28.7 Å². The number of imidazole rings is 2. The lowest BCUT2D eigenvalue weighted by atomic mass is 10.1. The summed E-state index contributed by atoms with van der Waals surface area (Å²) in [5.74, 6) is -9.09. The number of nitrogens with zero attached hydrogens (tertiary/aromatic N) is 3. The van der Waals surface area contributed by atoms with Crippen LogP contribution in [0.25, 0.3) is 22.1 Å². The summed E-state index contributed by atoms with van der Waals surface area (Å²) in [5, 5.41) is 11.3. The van der Waals surface area contributed by atoms with Crippen molar-refractivity contribution >= 4 is 33.9 Å². The molecule has 0 saturated carbocycles. The number of carbonyl (C=O) groups excluding carboxylic acids is 1. The molecule has 2 atom stereocenters. The Morgan fingerprint density at radius 2 is 1.73 bits per heavy atom. The Labute approximate surface area is 183 Å². The smallest absolute Gasteiger partial charge is 0.325 e. The van der Waals surface area contributed by atoms with E-state index in [0.29, 0.717) is 16.9 Å². The van der Waals surface area contributed by atoms with Crippen LogP contribution in [0.1, 0.15) is 41.8 Å². The highest BCUT2D eigenvalue weighted by Crippen LogP contribution is 2.30. The van der Waals surface area contributed by atoms with Crippen molar-refractivity contribution in [3.8, 4) is 0 Å². The van der Waals surface area contributed by atoms with Crippen molar-refractivity contribution in [2.75, 3.05) is 0 Å². The molecule has 0 fully saturated rings. The Morgan fingerprint density at radius 1 is 1.06 bits per heavy atom. The van der Waals surface area contributed by atoms with E-state index in [4.69, 9.17) is 5.11 Å². The molecule has 2 aromatic carbocycles. The molecule has 0 aliphatic carbocycles. The van der Waals surface area contributed by atoms with E-state index in [0.717, 1.165) is 0 Å². The van der Waals surface area contributed by atoms with Crippen LogP contribution >= 0.6 is 0 Å². The summed E-state index contributed by atoms with van der Waals surface area (Å²) in [6, 6.07) is 3.48. The monoisotopic (exact) mass is 463 g/mol. The van der Waals surface area contributed by atoms with Gasteiger partial charge in [-0.15, -0.1) is 0 Å². The normalized spacial score (nSPS) is 13.4. The number of aliphatic carboxylic acids is 1. The maximum Gasteiger partial charge on any atom is 0.325 e. The summed E-state index contributed by atoms with van der Waals surface area (Å²) in [5.41, 5.74) is -0.0422. The fraction of sp³-hybridized carbons (Fsp3) is 0.238. The van der Waals surface area contributed by atoms with E-state index < -0.39 is 58.1 Å². The van der Waals surface area contributed by atoms with Crippen molar-refractivity contribution in [3.63, 3.8) is 0 Å². The second-order valence-electron chi connectivity index (χ2n) is 7.59. The molecule has 2 unspecified atom stereocenters. The lowest BCUT2D eigenvalue weighted by molar-refractivity contribution is -0.138. The predicted octanol–water partition coefficient (Wildman–Crippen LogP) is 3.36. The molecule has 172 valence electrons. The first kappa shape index (κ1) is 22.2. The van der Waals surface area contributed by atoms with E-state index in [2.05, 4.69) is 20.3 Å². The lowest BCUT2D eigenvalue weighted by Crippen LogP contribution is -2.38. The van der Waals surface area contributed by atoms with Gasteiger partial charge in [-0.1, -0.05) is 0 Å². The molecule has 4 aromatic rings. The van der Waals surface area contributed by atoms with E-state index in [9.17, 15) is 27.2 Å². The molecule has 2 aromatic heterocycles. The van der Waals surface area contributed by atoms with Crippen molar-refractivity contribution in [2.24, 2.45) is 7.05 Å². The molecule has 33 heavy (non-hydrogen) atoms. The zero-order valence-corrected chi connectivity index (χ0v) is 17.5. The number of aromatic nitrogens is 4. The number of hydrogen-bond donors (Lipinski definition) is 3. The van der Waals surface area contributed by atoms with Crippen molar-refractivity contribution < 1.29 is 32.3 Å².